The van der Waals surface area contributed by atoms with E-state index in [2.05, 4.69) is 24.1 Å². The lowest BCUT2D eigenvalue weighted by Crippen LogP contribution is -2.46. The molecule has 0 radical (unpaired) electrons. The van der Waals surface area contributed by atoms with Gasteiger partial charge in [-0.15, -0.1) is 0 Å². The number of rotatable bonds is 1. The fraction of sp³-hybridized carbons (Fsp3) is 0.538. The molecule has 2 rings (SSSR count). The molecule has 1 heterocycles. The Morgan fingerprint density at radius 1 is 1.24 bits per heavy atom. The maximum absolute atomic E-state index is 13.2. The molecular formula is C13H18F2N2. The summed E-state index contributed by atoms with van der Waals surface area (Å²) in [6.07, 6.45) is 1.00. The van der Waals surface area contributed by atoms with Crippen LogP contribution in [0.3, 0.4) is 0 Å². The lowest BCUT2D eigenvalue weighted by Gasteiger charge is -2.31. The van der Waals surface area contributed by atoms with Crippen LogP contribution in [0.2, 0.25) is 0 Å². The van der Waals surface area contributed by atoms with E-state index in [0.29, 0.717) is 0 Å². The van der Waals surface area contributed by atoms with Crippen molar-refractivity contribution in [2.24, 2.45) is 0 Å². The Balaban J connectivity index is 2.22. The molecule has 0 saturated carbocycles. The molecule has 1 N–H and O–H groups in total. The number of anilines is 1. The minimum atomic E-state index is -0.791. The second-order valence-electron chi connectivity index (χ2n) is 5.18. The predicted octanol–water partition coefficient (Wildman–Crippen LogP) is 2.54. The standard InChI is InChI=1S/C13H18F2N2/c1-13(2)9-17(7-3-6-16-13)10-4-5-11(14)12(15)8-10/h4-5,8,16H,3,6-7,9H2,1-2H3. The third-order valence-corrected chi connectivity index (χ3v) is 3.06. The highest BCUT2D eigenvalue weighted by atomic mass is 19.2. The lowest BCUT2D eigenvalue weighted by atomic mass is 10.1. The number of nitrogens with one attached hydrogen (secondary N) is 1. The molecule has 1 fully saturated rings. The zero-order chi connectivity index (χ0) is 12.5. The van der Waals surface area contributed by atoms with Gasteiger partial charge in [0.15, 0.2) is 11.6 Å². The van der Waals surface area contributed by atoms with Crippen LogP contribution < -0.4 is 10.2 Å². The summed E-state index contributed by atoms with van der Waals surface area (Å²) in [7, 11) is 0. The number of hydrogen-bond donors (Lipinski definition) is 1. The monoisotopic (exact) mass is 240 g/mol. The van der Waals surface area contributed by atoms with Crippen molar-refractivity contribution < 1.29 is 8.78 Å². The van der Waals surface area contributed by atoms with E-state index in [1.807, 2.05) is 0 Å². The van der Waals surface area contributed by atoms with E-state index in [4.69, 9.17) is 0 Å². The first-order chi connectivity index (χ1) is 7.98. The van der Waals surface area contributed by atoms with E-state index >= 15 is 0 Å². The van der Waals surface area contributed by atoms with Crippen LogP contribution in [-0.4, -0.2) is 25.2 Å². The van der Waals surface area contributed by atoms with Crippen LogP contribution in [0.5, 0.6) is 0 Å². The van der Waals surface area contributed by atoms with Gasteiger partial charge < -0.3 is 10.2 Å². The maximum atomic E-state index is 13.2. The van der Waals surface area contributed by atoms with E-state index in [1.54, 1.807) is 6.07 Å². The third-order valence-electron chi connectivity index (χ3n) is 3.06. The average molecular weight is 240 g/mol. The van der Waals surface area contributed by atoms with Gasteiger partial charge >= 0.3 is 0 Å². The number of benzene rings is 1. The first-order valence-electron chi connectivity index (χ1n) is 5.93. The minimum absolute atomic E-state index is 0.0125. The molecule has 0 atom stereocenters. The maximum Gasteiger partial charge on any atom is 0.160 e. The first-order valence-corrected chi connectivity index (χ1v) is 5.93. The van der Waals surface area contributed by atoms with Crippen LogP contribution in [0.4, 0.5) is 14.5 Å². The Morgan fingerprint density at radius 3 is 2.71 bits per heavy atom. The molecule has 1 aromatic carbocycles. The minimum Gasteiger partial charge on any atom is -0.370 e. The summed E-state index contributed by atoms with van der Waals surface area (Å²) in [6.45, 7) is 6.84. The van der Waals surface area contributed by atoms with Crippen molar-refractivity contribution in [1.29, 1.82) is 0 Å². The number of hydrogen-bond acceptors (Lipinski definition) is 2. The largest absolute Gasteiger partial charge is 0.370 e. The Hall–Kier alpha value is -1.16. The predicted molar refractivity (Wildman–Crippen MR) is 65.3 cm³/mol. The zero-order valence-corrected chi connectivity index (χ0v) is 10.3. The second kappa shape index (κ2) is 4.61. The third kappa shape index (κ3) is 2.94. The molecule has 0 spiro atoms. The van der Waals surface area contributed by atoms with Crippen LogP contribution in [-0.2, 0) is 0 Å². The van der Waals surface area contributed by atoms with E-state index < -0.39 is 11.6 Å². The molecule has 17 heavy (non-hydrogen) atoms. The highest BCUT2D eigenvalue weighted by molar-refractivity contribution is 5.47. The molecule has 0 bridgehead atoms. The molecule has 0 amide bonds. The van der Waals surface area contributed by atoms with Gasteiger partial charge in [0.1, 0.15) is 0 Å². The Labute approximate surface area is 101 Å². The summed E-state index contributed by atoms with van der Waals surface area (Å²) < 4.78 is 26.1. The van der Waals surface area contributed by atoms with Gasteiger partial charge in [0.2, 0.25) is 0 Å². The Kier molecular flexibility index (Phi) is 3.33. The first kappa shape index (κ1) is 12.3. The molecule has 1 saturated heterocycles. The summed E-state index contributed by atoms with van der Waals surface area (Å²) in [5, 5.41) is 3.44. The summed E-state index contributed by atoms with van der Waals surface area (Å²) in [5.41, 5.74) is 0.738. The average Bonchev–Trinajstić information content (AvgIpc) is 2.43. The van der Waals surface area contributed by atoms with Crippen LogP contribution in [0.25, 0.3) is 0 Å². The fourth-order valence-corrected chi connectivity index (χ4v) is 2.21. The van der Waals surface area contributed by atoms with Crippen molar-refractivity contribution >= 4 is 5.69 Å². The highest BCUT2D eigenvalue weighted by Crippen LogP contribution is 2.21. The molecule has 0 unspecified atom stereocenters. The van der Waals surface area contributed by atoms with Gasteiger partial charge in [0.25, 0.3) is 0 Å². The van der Waals surface area contributed by atoms with Gasteiger partial charge in [-0.05, 0) is 38.9 Å². The normalized spacial score (nSPS) is 20.1. The van der Waals surface area contributed by atoms with Gasteiger partial charge in [-0.1, -0.05) is 0 Å². The molecule has 94 valence electrons. The van der Waals surface area contributed by atoms with E-state index in [9.17, 15) is 8.78 Å². The van der Waals surface area contributed by atoms with Crippen molar-refractivity contribution in [2.45, 2.75) is 25.8 Å². The van der Waals surface area contributed by atoms with E-state index in [-0.39, 0.29) is 5.54 Å². The fourth-order valence-electron chi connectivity index (χ4n) is 2.21. The Morgan fingerprint density at radius 2 is 2.00 bits per heavy atom. The van der Waals surface area contributed by atoms with Gasteiger partial charge in [-0.25, -0.2) is 8.78 Å². The highest BCUT2D eigenvalue weighted by Gasteiger charge is 2.24. The molecule has 2 nitrogen and oxygen atoms in total. The van der Waals surface area contributed by atoms with Crippen molar-refractivity contribution in [1.82, 2.24) is 5.32 Å². The summed E-state index contributed by atoms with van der Waals surface area (Å²) in [6, 6.07) is 4.10. The molecule has 1 aliphatic heterocycles. The molecular weight excluding hydrogens is 222 g/mol. The van der Waals surface area contributed by atoms with Gasteiger partial charge in [-0.2, -0.15) is 0 Å². The molecule has 4 heteroatoms. The van der Waals surface area contributed by atoms with Crippen molar-refractivity contribution in [3.05, 3.63) is 29.8 Å². The molecule has 1 aliphatic rings. The van der Waals surface area contributed by atoms with Crippen LogP contribution in [0.1, 0.15) is 20.3 Å². The van der Waals surface area contributed by atoms with Crippen molar-refractivity contribution in [3.63, 3.8) is 0 Å². The van der Waals surface area contributed by atoms with Gasteiger partial charge in [-0.3, -0.25) is 0 Å². The quantitative estimate of drug-likeness (QED) is 0.811. The second-order valence-corrected chi connectivity index (χ2v) is 5.18. The lowest BCUT2D eigenvalue weighted by molar-refractivity contribution is 0.416. The number of halogens is 2. The van der Waals surface area contributed by atoms with Gasteiger partial charge in [0.05, 0.1) is 0 Å². The van der Waals surface area contributed by atoms with Crippen molar-refractivity contribution in [3.8, 4) is 0 Å². The summed E-state index contributed by atoms with van der Waals surface area (Å²) >= 11 is 0. The molecule has 1 aromatic rings. The Bertz CT molecular complexity index is 404. The molecule has 0 aromatic heterocycles. The van der Waals surface area contributed by atoms with Gasteiger partial charge in [0, 0.05) is 30.4 Å². The topological polar surface area (TPSA) is 15.3 Å². The van der Waals surface area contributed by atoms with E-state index in [1.165, 1.54) is 12.1 Å². The summed E-state index contributed by atoms with van der Waals surface area (Å²) in [5.74, 6) is -1.57. The van der Waals surface area contributed by atoms with Crippen LogP contribution in [0, 0.1) is 11.6 Å². The smallest absolute Gasteiger partial charge is 0.160 e. The van der Waals surface area contributed by atoms with E-state index in [0.717, 1.165) is 31.7 Å². The molecule has 0 aliphatic carbocycles. The van der Waals surface area contributed by atoms with Crippen LogP contribution in [0.15, 0.2) is 18.2 Å². The zero-order valence-electron chi connectivity index (χ0n) is 10.3. The van der Waals surface area contributed by atoms with Crippen molar-refractivity contribution in [2.75, 3.05) is 24.5 Å². The SMILES string of the molecule is CC1(C)CN(c2ccc(F)c(F)c2)CCCN1. The summed E-state index contributed by atoms with van der Waals surface area (Å²) in [4.78, 5) is 2.10. The number of nitrogens with zero attached hydrogens (tertiary/aromatic N) is 1. The van der Waals surface area contributed by atoms with Crippen LogP contribution >= 0.6 is 0 Å².